The molecule has 0 aliphatic carbocycles. The van der Waals surface area contributed by atoms with Crippen molar-refractivity contribution in [1.29, 1.82) is 0 Å². The average molecular weight is 906 g/mol. The number of hydrogen-bond donors (Lipinski definition) is 2. The molecule has 0 saturated carbocycles. The van der Waals surface area contributed by atoms with Crippen molar-refractivity contribution in [2.45, 2.75) is 50.7 Å². The van der Waals surface area contributed by atoms with Gasteiger partial charge in [-0.3, -0.25) is 48.8 Å². The van der Waals surface area contributed by atoms with Crippen molar-refractivity contribution < 1.29 is 47.0 Å². The molecule has 2 N–H and O–H groups in total. The number of fused-ring (bicyclic) bond motifs is 2. The molecule has 9 rings (SSSR count). The zero-order valence-corrected chi connectivity index (χ0v) is 36.2. The SMILES string of the molecule is O=C1CCC(N2C(=O)c3cccc(NCCOCCOCCC(=O)N4CCC(n5cc(-c6cnc7cccc(-c8cc(F)c(CN9CCOCC9)c(F)c8)c7n6)cn5)CC4)c3C2=O)C(=O)N1. The van der Waals surface area contributed by atoms with Gasteiger partial charge in [0, 0.05) is 74.3 Å². The Morgan fingerprint density at radius 2 is 1.59 bits per heavy atom. The number of nitrogens with zero attached hydrogens (tertiary/aromatic N) is 7. The van der Waals surface area contributed by atoms with E-state index in [9.17, 15) is 24.0 Å². The second kappa shape index (κ2) is 19.9. The minimum absolute atomic E-state index is 0.00746. The zero-order valence-electron chi connectivity index (χ0n) is 36.2. The number of carbonyl (C=O) groups excluding carboxylic acids is 5. The molecule has 2 aromatic heterocycles. The molecular formula is C47H49F2N9O8. The number of carbonyl (C=O) groups is 5. The number of para-hydroxylation sites is 1. The first-order chi connectivity index (χ1) is 32.1. The summed E-state index contributed by atoms with van der Waals surface area (Å²) in [4.78, 5) is 77.6. The van der Waals surface area contributed by atoms with Crippen molar-refractivity contribution in [3.05, 3.63) is 95.4 Å². The van der Waals surface area contributed by atoms with Crippen LogP contribution in [-0.4, -0.2) is 142 Å². The Labute approximate surface area is 378 Å². The third-order valence-corrected chi connectivity index (χ3v) is 12.5. The van der Waals surface area contributed by atoms with Crippen LogP contribution in [0.3, 0.4) is 0 Å². The topological polar surface area (TPSA) is 190 Å². The molecule has 344 valence electrons. The Bertz CT molecular complexity index is 2640. The van der Waals surface area contributed by atoms with E-state index in [1.165, 1.54) is 18.2 Å². The fraction of sp³-hybridized carbons (Fsp3) is 0.404. The van der Waals surface area contributed by atoms with Crippen LogP contribution in [0, 0.1) is 11.6 Å². The number of anilines is 1. The molecule has 4 aliphatic rings. The second-order valence-corrected chi connectivity index (χ2v) is 16.6. The van der Waals surface area contributed by atoms with Crippen LogP contribution in [0.4, 0.5) is 14.5 Å². The van der Waals surface area contributed by atoms with Gasteiger partial charge in [-0.25, -0.2) is 13.8 Å². The number of halogens is 2. The summed E-state index contributed by atoms with van der Waals surface area (Å²) < 4.78 is 49.4. The highest BCUT2D eigenvalue weighted by molar-refractivity contribution is 6.25. The van der Waals surface area contributed by atoms with Crippen LogP contribution in [0.2, 0.25) is 0 Å². The van der Waals surface area contributed by atoms with Crippen molar-refractivity contribution in [2.75, 3.05) is 77.7 Å². The fourth-order valence-electron chi connectivity index (χ4n) is 8.91. The summed E-state index contributed by atoms with van der Waals surface area (Å²) in [5.41, 5.74) is 4.25. The quantitative estimate of drug-likeness (QED) is 0.105. The van der Waals surface area contributed by atoms with Crippen LogP contribution in [0.15, 0.2) is 67.1 Å². The van der Waals surface area contributed by atoms with Crippen LogP contribution >= 0.6 is 0 Å². The summed E-state index contributed by atoms with van der Waals surface area (Å²) >= 11 is 0. The Hall–Kier alpha value is -6.54. The van der Waals surface area contributed by atoms with Crippen LogP contribution in [0.1, 0.15) is 64.4 Å². The predicted octanol–water partition coefficient (Wildman–Crippen LogP) is 4.37. The minimum atomic E-state index is -1.04. The summed E-state index contributed by atoms with van der Waals surface area (Å²) in [6, 6.07) is 12.0. The highest BCUT2D eigenvalue weighted by Gasteiger charge is 2.45. The smallest absolute Gasteiger partial charge is 0.264 e. The van der Waals surface area contributed by atoms with Gasteiger partial charge in [0.1, 0.15) is 17.7 Å². The normalized spacial score (nSPS) is 18.3. The van der Waals surface area contributed by atoms with E-state index in [0.29, 0.717) is 79.5 Å². The maximum atomic E-state index is 15.4. The molecule has 0 radical (unpaired) electrons. The maximum Gasteiger partial charge on any atom is 0.264 e. The third kappa shape index (κ3) is 9.55. The van der Waals surface area contributed by atoms with Crippen molar-refractivity contribution in [3.63, 3.8) is 0 Å². The lowest BCUT2D eigenvalue weighted by atomic mass is 10.0. The summed E-state index contributed by atoms with van der Waals surface area (Å²) in [6.07, 6.45) is 7.11. The summed E-state index contributed by atoms with van der Waals surface area (Å²) in [5, 5.41) is 9.96. The van der Waals surface area contributed by atoms with Gasteiger partial charge in [0.2, 0.25) is 17.7 Å². The van der Waals surface area contributed by atoms with Gasteiger partial charge >= 0.3 is 0 Å². The van der Waals surface area contributed by atoms with Crippen molar-refractivity contribution in [2.24, 2.45) is 0 Å². The van der Waals surface area contributed by atoms with E-state index in [1.807, 2.05) is 26.7 Å². The average Bonchev–Trinajstić information content (AvgIpc) is 3.92. The molecule has 3 aromatic carbocycles. The summed E-state index contributed by atoms with van der Waals surface area (Å²) in [5.74, 6) is -3.46. The van der Waals surface area contributed by atoms with E-state index in [2.05, 4.69) is 20.7 Å². The molecule has 17 nitrogen and oxygen atoms in total. The number of ether oxygens (including phenoxy) is 3. The van der Waals surface area contributed by atoms with E-state index in [1.54, 1.807) is 36.7 Å². The number of nitrogens with one attached hydrogen (secondary N) is 2. The molecule has 5 aromatic rings. The number of imide groups is 2. The Balaban J connectivity index is 0.699. The van der Waals surface area contributed by atoms with Crippen LogP contribution in [0.25, 0.3) is 33.4 Å². The largest absolute Gasteiger partial charge is 0.382 e. The van der Waals surface area contributed by atoms with E-state index >= 15 is 8.78 Å². The van der Waals surface area contributed by atoms with Crippen molar-refractivity contribution >= 4 is 46.3 Å². The molecule has 5 amide bonds. The third-order valence-electron chi connectivity index (χ3n) is 12.5. The van der Waals surface area contributed by atoms with Gasteiger partial charge in [0.05, 0.1) is 92.4 Å². The van der Waals surface area contributed by atoms with E-state index < -0.39 is 41.3 Å². The first kappa shape index (κ1) is 44.7. The Kier molecular flexibility index (Phi) is 13.5. The number of rotatable bonds is 16. The Morgan fingerprint density at radius 3 is 2.36 bits per heavy atom. The lowest BCUT2D eigenvalue weighted by Crippen LogP contribution is -2.54. The van der Waals surface area contributed by atoms with Gasteiger partial charge in [-0.15, -0.1) is 0 Å². The van der Waals surface area contributed by atoms with E-state index in [0.717, 1.165) is 23.3 Å². The van der Waals surface area contributed by atoms with Crippen LogP contribution < -0.4 is 10.6 Å². The van der Waals surface area contributed by atoms with E-state index in [4.69, 9.17) is 19.2 Å². The minimum Gasteiger partial charge on any atom is -0.382 e. The predicted molar refractivity (Wildman–Crippen MR) is 235 cm³/mol. The number of aromatic nitrogens is 4. The van der Waals surface area contributed by atoms with Crippen molar-refractivity contribution in [1.82, 2.24) is 39.8 Å². The first-order valence-electron chi connectivity index (χ1n) is 22.2. The molecule has 1 atom stereocenters. The number of morpholine rings is 1. The van der Waals surface area contributed by atoms with Gasteiger partial charge in [-0.1, -0.05) is 18.2 Å². The van der Waals surface area contributed by atoms with Gasteiger partial charge in [0.25, 0.3) is 11.8 Å². The molecule has 6 heterocycles. The number of amides is 5. The molecule has 1 unspecified atom stereocenters. The molecule has 19 heteroatoms. The summed E-state index contributed by atoms with van der Waals surface area (Å²) in [7, 11) is 0. The van der Waals surface area contributed by atoms with Crippen LogP contribution in [0.5, 0.6) is 0 Å². The number of piperidine rings is 2. The van der Waals surface area contributed by atoms with Gasteiger partial charge in [-0.05, 0) is 55.2 Å². The first-order valence-corrected chi connectivity index (χ1v) is 22.2. The highest BCUT2D eigenvalue weighted by atomic mass is 19.1. The number of likely N-dealkylation sites (tertiary alicyclic amines) is 1. The Morgan fingerprint density at radius 1 is 0.848 bits per heavy atom. The summed E-state index contributed by atoms with van der Waals surface area (Å²) in [6.45, 7) is 5.07. The lowest BCUT2D eigenvalue weighted by molar-refractivity contribution is -0.136. The number of hydrogen-bond acceptors (Lipinski definition) is 13. The molecule has 4 aliphatic heterocycles. The molecule has 3 fully saturated rings. The lowest BCUT2D eigenvalue weighted by Gasteiger charge is -2.32. The molecule has 66 heavy (non-hydrogen) atoms. The second-order valence-electron chi connectivity index (χ2n) is 16.6. The molecule has 0 bridgehead atoms. The van der Waals surface area contributed by atoms with Gasteiger partial charge in [0.15, 0.2) is 0 Å². The molecular weight excluding hydrogens is 857 g/mol. The zero-order chi connectivity index (χ0) is 45.7. The van der Waals surface area contributed by atoms with Gasteiger partial charge in [-0.2, -0.15) is 5.10 Å². The maximum absolute atomic E-state index is 15.4. The van der Waals surface area contributed by atoms with Crippen molar-refractivity contribution in [3.8, 4) is 22.4 Å². The fourth-order valence-corrected chi connectivity index (χ4v) is 8.91. The molecule has 0 spiro atoms. The standard InChI is InChI=1S/C47H49F2N9O8/c48-35-23-29(24-36(49)34(35)28-55-15-19-66-20-16-55)32-3-1-6-38-44(32)53-39(26-51-38)30-25-52-57(27-30)31-9-13-56(14-10-31)42(60)11-17-64-21-22-65-18-12-50-37-5-2-4-33-43(37)47(63)58(46(33)62)40-7-8-41(59)54-45(40)61/h1-6,23-27,31,40,50H,7-22,28H2,(H,54,59,61). The van der Waals surface area contributed by atoms with Gasteiger partial charge < -0.3 is 24.4 Å². The van der Waals surface area contributed by atoms with E-state index in [-0.39, 0.29) is 80.9 Å². The number of benzene rings is 3. The van der Waals surface area contributed by atoms with Crippen LogP contribution in [-0.2, 0) is 35.1 Å². The highest BCUT2D eigenvalue weighted by Crippen LogP contribution is 2.34. The monoisotopic (exact) mass is 905 g/mol. The molecule has 3 saturated heterocycles.